The highest BCUT2D eigenvalue weighted by atomic mass is 32.2. The van der Waals surface area contributed by atoms with E-state index in [0.717, 1.165) is 0 Å². The molecule has 21 heavy (non-hydrogen) atoms. The van der Waals surface area contributed by atoms with E-state index in [9.17, 15) is 13.5 Å². The van der Waals surface area contributed by atoms with Gasteiger partial charge in [-0.15, -0.1) is 0 Å². The minimum atomic E-state index is -3.86. The number of hydrogen-bond acceptors (Lipinski definition) is 5. The number of anilines is 1. The molecule has 0 spiro atoms. The molecule has 0 amide bonds. The Balaban J connectivity index is 2.11. The highest BCUT2D eigenvalue weighted by molar-refractivity contribution is 7.93. The van der Waals surface area contributed by atoms with E-state index in [1.807, 2.05) is 0 Å². The standard InChI is InChI=1S/C14H11N3O3S/c18-12-4-2-7-16-14(12)17-21(19,20)13-5-1-3-10-9-15-8-6-11(10)13/h1-9,18H,(H,16,17). The quantitative estimate of drug-likeness (QED) is 0.773. The van der Waals surface area contributed by atoms with Gasteiger partial charge in [-0.25, -0.2) is 13.4 Å². The van der Waals surface area contributed by atoms with Gasteiger partial charge in [0.05, 0.1) is 4.90 Å². The molecule has 3 aromatic rings. The molecule has 0 saturated carbocycles. The zero-order chi connectivity index (χ0) is 14.9. The SMILES string of the molecule is O=S(=O)(Nc1ncccc1O)c1cccc2cnccc12. The Kier molecular flexibility index (Phi) is 3.19. The Bertz CT molecular complexity index is 905. The Morgan fingerprint density at radius 2 is 1.90 bits per heavy atom. The molecule has 0 aliphatic rings. The summed E-state index contributed by atoms with van der Waals surface area (Å²) in [5, 5.41) is 10.9. The molecular weight excluding hydrogens is 290 g/mol. The van der Waals surface area contributed by atoms with E-state index in [2.05, 4.69) is 14.7 Å². The maximum absolute atomic E-state index is 12.5. The Morgan fingerprint density at radius 1 is 1.05 bits per heavy atom. The summed E-state index contributed by atoms with van der Waals surface area (Å²) in [5.41, 5.74) is 0. The average Bonchev–Trinajstić information content (AvgIpc) is 2.49. The normalized spacial score (nSPS) is 11.4. The Morgan fingerprint density at radius 3 is 2.71 bits per heavy atom. The molecule has 6 nitrogen and oxygen atoms in total. The van der Waals surface area contributed by atoms with Crippen LogP contribution in [0.1, 0.15) is 0 Å². The minimum absolute atomic E-state index is 0.104. The highest BCUT2D eigenvalue weighted by Crippen LogP contribution is 2.26. The molecule has 0 aliphatic carbocycles. The van der Waals surface area contributed by atoms with Gasteiger partial charge in [-0.2, -0.15) is 0 Å². The van der Waals surface area contributed by atoms with Crippen molar-refractivity contribution in [1.82, 2.24) is 9.97 Å². The van der Waals surface area contributed by atoms with Crippen molar-refractivity contribution in [2.24, 2.45) is 0 Å². The summed E-state index contributed by atoms with van der Waals surface area (Å²) in [6.07, 6.45) is 4.51. The molecule has 7 heteroatoms. The van der Waals surface area contributed by atoms with Crippen LogP contribution in [0, 0.1) is 0 Å². The van der Waals surface area contributed by atoms with Crippen LogP contribution in [0.15, 0.2) is 59.9 Å². The third kappa shape index (κ3) is 2.50. The van der Waals surface area contributed by atoms with Gasteiger partial charge in [0.1, 0.15) is 0 Å². The molecule has 0 fully saturated rings. The third-order valence-electron chi connectivity index (χ3n) is 2.95. The number of aromatic hydroxyl groups is 1. The fourth-order valence-corrected chi connectivity index (χ4v) is 3.24. The van der Waals surface area contributed by atoms with Crippen LogP contribution >= 0.6 is 0 Å². The fraction of sp³-hybridized carbons (Fsp3) is 0. The zero-order valence-corrected chi connectivity index (χ0v) is 11.6. The monoisotopic (exact) mass is 301 g/mol. The minimum Gasteiger partial charge on any atom is -0.504 e. The average molecular weight is 301 g/mol. The number of hydrogen-bond donors (Lipinski definition) is 2. The van der Waals surface area contributed by atoms with Crippen LogP contribution in [0.2, 0.25) is 0 Å². The lowest BCUT2D eigenvalue weighted by atomic mass is 10.2. The summed E-state index contributed by atoms with van der Waals surface area (Å²) in [6, 6.07) is 9.40. The van der Waals surface area contributed by atoms with Gasteiger partial charge >= 0.3 is 0 Å². The van der Waals surface area contributed by atoms with Crippen molar-refractivity contribution < 1.29 is 13.5 Å². The van der Waals surface area contributed by atoms with E-state index in [-0.39, 0.29) is 16.5 Å². The van der Waals surface area contributed by atoms with E-state index in [1.54, 1.807) is 24.4 Å². The number of nitrogens with one attached hydrogen (secondary N) is 1. The molecule has 0 atom stereocenters. The number of benzene rings is 1. The van der Waals surface area contributed by atoms with Gasteiger partial charge < -0.3 is 5.11 Å². The lowest BCUT2D eigenvalue weighted by Gasteiger charge is -2.10. The van der Waals surface area contributed by atoms with Gasteiger partial charge in [0, 0.05) is 29.4 Å². The number of pyridine rings is 2. The molecule has 3 rings (SSSR count). The zero-order valence-electron chi connectivity index (χ0n) is 10.8. The van der Waals surface area contributed by atoms with Gasteiger partial charge in [-0.3, -0.25) is 9.71 Å². The predicted molar refractivity (Wildman–Crippen MR) is 78.5 cm³/mol. The van der Waals surface area contributed by atoms with Crippen molar-refractivity contribution in [2.75, 3.05) is 4.72 Å². The van der Waals surface area contributed by atoms with Crippen LogP contribution in [-0.2, 0) is 10.0 Å². The van der Waals surface area contributed by atoms with Crippen LogP contribution in [0.4, 0.5) is 5.82 Å². The third-order valence-corrected chi connectivity index (χ3v) is 4.34. The largest absolute Gasteiger partial charge is 0.504 e. The van der Waals surface area contributed by atoms with Gasteiger partial charge in [-0.05, 0) is 24.3 Å². The number of aromatic nitrogens is 2. The Labute approximate surface area is 121 Å². The molecule has 106 valence electrons. The molecule has 0 aliphatic heterocycles. The molecule has 0 saturated heterocycles. The molecule has 1 aromatic carbocycles. The summed E-state index contributed by atoms with van der Waals surface area (Å²) in [7, 11) is -3.86. The molecule has 0 radical (unpaired) electrons. The lowest BCUT2D eigenvalue weighted by Crippen LogP contribution is -2.14. The smallest absolute Gasteiger partial charge is 0.263 e. The van der Waals surface area contributed by atoms with E-state index >= 15 is 0 Å². The first-order valence-corrected chi connectivity index (χ1v) is 7.56. The topological polar surface area (TPSA) is 92.2 Å². The van der Waals surface area contributed by atoms with Crippen LogP contribution in [0.3, 0.4) is 0 Å². The molecule has 0 bridgehead atoms. The van der Waals surface area contributed by atoms with E-state index < -0.39 is 10.0 Å². The molecule has 2 N–H and O–H groups in total. The van der Waals surface area contributed by atoms with Gasteiger partial charge in [0.2, 0.25) is 0 Å². The van der Waals surface area contributed by atoms with Crippen molar-refractivity contribution in [3.05, 3.63) is 55.0 Å². The predicted octanol–water partition coefficient (Wildman–Crippen LogP) is 2.14. The first-order chi connectivity index (χ1) is 10.1. The van der Waals surface area contributed by atoms with Gasteiger partial charge in [0.15, 0.2) is 11.6 Å². The fourth-order valence-electron chi connectivity index (χ4n) is 1.98. The number of sulfonamides is 1. The van der Waals surface area contributed by atoms with Crippen molar-refractivity contribution in [3.63, 3.8) is 0 Å². The first-order valence-electron chi connectivity index (χ1n) is 6.07. The first kappa shape index (κ1) is 13.3. The summed E-state index contributed by atoms with van der Waals surface area (Å²) in [4.78, 5) is 7.89. The molecule has 2 aromatic heterocycles. The summed E-state index contributed by atoms with van der Waals surface area (Å²) in [5.74, 6) is -0.341. The second-order valence-corrected chi connectivity index (χ2v) is 5.98. The van der Waals surface area contributed by atoms with E-state index in [1.165, 1.54) is 30.6 Å². The lowest BCUT2D eigenvalue weighted by molar-refractivity contribution is 0.475. The van der Waals surface area contributed by atoms with Gasteiger partial charge in [-0.1, -0.05) is 12.1 Å². The van der Waals surface area contributed by atoms with E-state index in [0.29, 0.717) is 10.8 Å². The maximum Gasteiger partial charge on any atom is 0.263 e. The maximum atomic E-state index is 12.5. The Hall–Kier alpha value is -2.67. The molecular formula is C14H11N3O3S. The van der Waals surface area contributed by atoms with Crippen molar-refractivity contribution in [3.8, 4) is 5.75 Å². The van der Waals surface area contributed by atoms with E-state index in [4.69, 9.17) is 0 Å². The number of rotatable bonds is 3. The van der Waals surface area contributed by atoms with Crippen LogP contribution in [0.25, 0.3) is 10.8 Å². The second kappa shape index (κ2) is 5.02. The van der Waals surface area contributed by atoms with Crippen LogP contribution < -0.4 is 4.72 Å². The molecule has 2 heterocycles. The van der Waals surface area contributed by atoms with Crippen LogP contribution in [-0.4, -0.2) is 23.5 Å². The molecule has 0 unspecified atom stereocenters. The van der Waals surface area contributed by atoms with Gasteiger partial charge in [0.25, 0.3) is 10.0 Å². The summed E-state index contributed by atoms with van der Waals surface area (Å²) >= 11 is 0. The van der Waals surface area contributed by atoms with Crippen LogP contribution in [0.5, 0.6) is 5.75 Å². The highest BCUT2D eigenvalue weighted by Gasteiger charge is 2.19. The number of nitrogens with zero attached hydrogens (tertiary/aromatic N) is 2. The summed E-state index contributed by atoms with van der Waals surface area (Å²) < 4.78 is 27.3. The van der Waals surface area contributed by atoms with Crippen molar-refractivity contribution >= 4 is 26.6 Å². The van der Waals surface area contributed by atoms with Crippen molar-refractivity contribution in [2.45, 2.75) is 4.90 Å². The second-order valence-electron chi connectivity index (χ2n) is 4.33. The summed E-state index contributed by atoms with van der Waals surface area (Å²) in [6.45, 7) is 0. The number of fused-ring (bicyclic) bond motifs is 1. The van der Waals surface area contributed by atoms with Crippen molar-refractivity contribution in [1.29, 1.82) is 0 Å².